The summed E-state index contributed by atoms with van der Waals surface area (Å²) >= 11 is 0. The lowest BCUT2D eigenvalue weighted by atomic mass is 10.00. The van der Waals surface area contributed by atoms with Crippen molar-refractivity contribution < 1.29 is 4.79 Å². The lowest BCUT2D eigenvalue weighted by molar-refractivity contribution is -0.123. The minimum absolute atomic E-state index is 0. The van der Waals surface area contributed by atoms with Crippen LogP contribution in [0.3, 0.4) is 0 Å². The number of hydrogen-bond donors (Lipinski definition) is 2. The van der Waals surface area contributed by atoms with Crippen molar-refractivity contribution in [3.63, 3.8) is 0 Å². The number of carbonyl (C=O) groups is 1. The summed E-state index contributed by atoms with van der Waals surface area (Å²) in [5.74, 6) is 0.775. The summed E-state index contributed by atoms with van der Waals surface area (Å²) in [5.41, 5.74) is 2.52. The molecular formula is C19H32ClN3O. The molecule has 1 saturated heterocycles. The number of halogens is 1. The molecule has 0 radical (unpaired) electrons. The number of benzene rings is 1. The molecule has 1 amide bonds. The molecule has 136 valence electrons. The summed E-state index contributed by atoms with van der Waals surface area (Å²) in [6, 6.07) is 9.09. The highest BCUT2D eigenvalue weighted by molar-refractivity contribution is 5.85. The van der Waals surface area contributed by atoms with E-state index in [1.807, 2.05) is 0 Å². The molecule has 1 heterocycles. The fraction of sp³-hybridized carbons (Fsp3) is 0.632. The first-order chi connectivity index (χ1) is 11.0. The molecular weight excluding hydrogens is 322 g/mol. The lowest BCUT2D eigenvalue weighted by Gasteiger charge is -2.33. The van der Waals surface area contributed by atoms with Gasteiger partial charge in [0.25, 0.3) is 0 Å². The Morgan fingerprint density at radius 2 is 1.96 bits per heavy atom. The molecule has 1 aliphatic rings. The van der Waals surface area contributed by atoms with Gasteiger partial charge in [-0.2, -0.15) is 0 Å². The Hall–Kier alpha value is -1.10. The molecule has 0 aromatic heterocycles. The number of nitrogens with zero attached hydrogens (tertiary/aromatic N) is 1. The van der Waals surface area contributed by atoms with E-state index in [4.69, 9.17) is 0 Å². The van der Waals surface area contributed by atoms with Crippen molar-refractivity contribution in [2.24, 2.45) is 5.92 Å². The van der Waals surface area contributed by atoms with Crippen LogP contribution in [-0.2, 0) is 11.2 Å². The minimum Gasteiger partial charge on any atom is -0.348 e. The van der Waals surface area contributed by atoms with Gasteiger partial charge in [-0.25, -0.2) is 0 Å². The van der Waals surface area contributed by atoms with E-state index in [-0.39, 0.29) is 24.4 Å². The predicted molar refractivity (Wildman–Crippen MR) is 103 cm³/mol. The first kappa shape index (κ1) is 20.9. The zero-order valence-electron chi connectivity index (χ0n) is 15.3. The average Bonchev–Trinajstić information content (AvgIpc) is 2.49. The largest absolute Gasteiger partial charge is 0.348 e. The van der Waals surface area contributed by atoms with Crippen LogP contribution in [0.4, 0.5) is 0 Å². The summed E-state index contributed by atoms with van der Waals surface area (Å²) in [6.07, 6.45) is 1.10. The molecule has 1 aliphatic heterocycles. The standard InChI is InChI=1S/C19H31N3O.ClH/c1-14(2)11-17-5-7-18(8-6-17)16(4)21-19(23)13-22-10-9-20-12-15(22)3;/h5-8,14-16,20H,9-13H2,1-4H3,(H,21,23);1H/t15-,16?;/m0./s1. The van der Waals surface area contributed by atoms with Crippen LogP contribution in [-0.4, -0.2) is 43.0 Å². The van der Waals surface area contributed by atoms with Crippen LogP contribution in [0.2, 0.25) is 0 Å². The van der Waals surface area contributed by atoms with E-state index in [2.05, 4.69) is 67.5 Å². The topological polar surface area (TPSA) is 44.4 Å². The van der Waals surface area contributed by atoms with Gasteiger partial charge in [0, 0.05) is 25.7 Å². The predicted octanol–water partition coefficient (Wildman–Crippen LogP) is 2.78. The molecule has 0 spiro atoms. The van der Waals surface area contributed by atoms with Crippen molar-refractivity contribution in [2.45, 2.75) is 46.2 Å². The Labute approximate surface area is 152 Å². The Kier molecular flexibility index (Phi) is 8.74. The van der Waals surface area contributed by atoms with E-state index in [0.717, 1.165) is 26.1 Å². The molecule has 1 aromatic carbocycles. The molecule has 5 heteroatoms. The highest BCUT2D eigenvalue weighted by atomic mass is 35.5. The van der Waals surface area contributed by atoms with Gasteiger partial charge < -0.3 is 10.6 Å². The maximum absolute atomic E-state index is 12.3. The van der Waals surface area contributed by atoms with E-state index in [0.29, 0.717) is 18.5 Å². The van der Waals surface area contributed by atoms with Gasteiger partial charge in [0.05, 0.1) is 12.6 Å². The third kappa shape index (κ3) is 6.42. The normalized spacial score (nSPS) is 19.6. The summed E-state index contributed by atoms with van der Waals surface area (Å²) in [5, 5.41) is 6.47. The fourth-order valence-electron chi connectivity index (χ4n) is 3.09. The van der Waals surface area contributed by atoms with Crippen LogP contribution < -0.4 is 10.6 Å². The highest BCUT2D eigenvalue weighted by Crippen LogP contribution is 2.15. The minimum atomic E-state index is 0. The Morgan fingerprint density at radius 1 is 1.29 bits per heavy atom. The lowest BCUT2D eigenvalue weighted by Crippen LogP contribution is -2.52. The van der Waals surface area contributed by atoms with E-state index in [9.17, 15) is 4.79 Å². The number of hydrogen-bond acceptors (Lipinski definition) is 3. The van der Waals surface area contributed by atoms with E-state index < -0.39 is 0 Å². The monoisotopic (exact) mass is 353 g/mol. The summed E-state index contributed by atoms with van der Waals surface area (Å²) < 4.78 is 0. The maximum Gasteiger partial charge on any atom is 0.234 e. The van der Waals surface area contributed by atoms with Crippen molar-refractivity contribution in [2.75, 3.05) is 26.2 Å². The zero-order valence-corrected chi connectivity index (χ0v) is 16.2. The number of amides is 1. The third-order valence-electron chi connectivity index (χ3n) is 4.49. The Morgan fingerprint density at radius 3 is 2.54 bits per heavy atom. The smallest absolute Gasteiger partial charge is 0.234 e. The zero-order chi connectivity index (χ0) is 16.8. The second-order valence-electron chi connectivity index (χ2n) is 7.15. The first-order valence-corrected chi connectivity index (χ1v) is 8.78. The van der Waals surface area contributed by atoms with Gasteiger partial charge in [-0.3, -0.25) is 9.69 Å². The molecule has 24 heavy (non-hydrogen) atoms. The Balaban J connectivity index is 0.00000288. The summed E-state index contributed by atoms with van der Waals surface area (Å²) in [7, 11) is 0. The number of nitrogens with one attached hydrogen (secondary N) is 2. The summed E-state index contributed by atoms with van der Waals surface area (Å²) in [4.78, 5) is 14.5. The number of piperazine rings is 1. The van der Waals surface area contributed by atoms with E-state index in [1.165, 1.54) is 11.1 Å². The molecule has 1 aromatic rings. The van der Waals surface area contributed by atoms with E-state index in [1.54, 1.807) is 0 Å². The van der Waals surface area contributed by atoms with Gasteiger partial charge in [-0.1, -0.05) is 38.1 Å². The van der Waals surface area contributed by atoms with Crippen molar-refractivity contribution in [3.05, 3.63) is 35.4 Å². The van der Waals surface area contributed by atoms with Crippen LogP contribution >= 0.6 is 12.4 Å². The van der Waals surface area contributed by atoms with Crippen LogP contribution in [0.15, 0.2) is 24.3 Å². The maximum atomic E-state index is 12.3. The van der Waals surface area contributed by atoms with Crippen LogP contribution in [0, 0.1) is 5.92 Å². The molecule has 0 bridgehead atoms. The Bertz CT molecular complexity index is 504. The van der Waals surface area contributed by atoms with Gasteiger partial charge >= 0.3 is 0 Å². The average molecular weight is 354 g/mol. The molecule has 1 fully saturated rings. The molecule has 2 atom stereocenters. The second kappa shape index (κ2) is 10.0. The van der Waals surface area contributed by atoms with Crippen molar-refractivity contribution in [1.82, 2.24) is 15.5 Å². The number of rotatable bonds is 6. The second-order valence-corrected chi connectivity index (χ2v) is 7.15. The van der Waals surface area contributed by atoms with Crippen molar-refractivity contribution in [3.8, 4) is 0 Å². The molecule has 0 aliphatic carbocycles. The SMILES string of the molecule is CC(C)Cc1ccc(C(C)NC(=O)CN2CCNC[C@@H]2C)cc1.Cl. The fourth-order valence-corrected chi connectivity index (χ4v) is 3.09. The third-order valence-corrected chi connectivity index (χ3v) is 4.49. The molecule has 0 saturated carbocycles. The van der Waals surface area contributed by atoms with Crippen molar-refractivity contribution in [1.29, 1.82) is 0 Å². The van der Waals surface area contributed by atoms with Crippen LogP contribution in [0.25, 0.3) is 0 Å². The molecule has 1 unspecified atom stereocenters. The highest BCUT2D eigenvalue weighted by Gasteiger charge is 2.21. The van der Waals surface area contributed by atoms with Crippen LogP contribution in [0.1, 0.15) is 44.9 Å². The van der Waals surface area contributed by atoms with Gasteiger partial charge in [-0.15, -0.1) is 12.4 Å². The van der Waals surface area contributed by atoms with E-state index >= 15 is 0 Å². The van der Waals surface area contributed by atoms with Crippen LogP contribution in [0.5, 0.6) is 0 Å². The molecule has 4 nitrogen and oxygen atoms in total. The number of carbonyl (C=O) groups excluding carboxylic acids is 1. The van der Waals surface area contributed by atoms with Gasteiger partial charge in [0.15, 0.2) is 0 Å². The van der Waals surface area contributed by atoms with Crippen molar-refractivity contribution >= 4 is 18.3 Å². The first-order valence-electron chi connectivity index (χ1n) is 8.78. The summed E-state index contributed by atoms with van der Waals surface area (Å²) in [6.45, 7) is 12.0. The van der Waals surface area contributed by atoms with Gasteiger partial charge in [0.2, 0.25) is 5.91 Å². The van der Waals surface area contributed by atoms with Gasteiger partial charge in [0.1, 0.15) is 0 Å². The molecule has 2 N–H and O–H groups in total. The molecule has 2 rings (SSSR count). The quantitative estimate of drug-likeness (QED) is 0.826. The van der Waals surface area contributed by atoms with Gasteiger partial charge in [-0.05, 0) is 37.3 Å².